The summed E-state index contributed by atoms with van der Waals surface area (Å²) in [5.41, 5.74) is 1.15. The summed E-state index contributed by atoms with van der Waals surface area (Å²) < 4.78 is 5.70. The minimum Gasteiger partial charge on any atom is -0.373 e. The molecular weight excluding hydrogens is 278 g/mol. The normalized spacial score (nSPS) is 22.0. The number of nitriles is 1. The molecule has 118 valence electrons. The summed E-state index contributed by atoms with van der Waals surface area (Å²) in [6, 6.07) is 8.72. The summed E-state index contributed by atoms with van der Waals surface area (Å²) in [7, 11) is 0. The predicted molar refractivity (Wildman–Crippen MR) is 84.6 cm³/mol. The number of ether oxygens (including phenoxy) is 1. The molecule has 1 fully saturated rings. The fraction of sp³-hybridized carbons (Fsp3) is 0.529. The van der Waals surface area contributed by atoms with Crippen LogP contribution in [0.2, 0.25) is 0 Å². The van der Waals surface area contributed by atoms with E-state index in [2.05, 4.69) is 24.1 Å². The highest BCUT2D eigenvalue weighted by molar-refractivity contribution is 5.94. The monoisotopic (exact) mass is 301 g/mol. The third-order valence-corrected chi connectivity index (χ3v) is 3.71. The molecule has 1 aliphatic heterocycles. The zero-order chi connectivity index (χ0) is 15.9. The number of nitrogens with one attached hydrogen (secondary N) is 1. The van der Waals surface area contributed by atoms with E-state index in [-0.39, 0.29) is 18.1 Å². The van der Waals surface area contributed by atoms with Gasteiger partial charge in [-0.25, -0.2) is 0 Å². The maximum absolute atomic E-state index is 12.0. The Morgan fingerprint density at radius 2 is 1.95 bits per heavy atom. The summed E-state index contributed by atoms with van der Waals surface area (Å²) in [5.74, 6) is -0.0896. The fourth-order valence-corrected chi connectivity index (χ4v) is 2.77. The van der Waals surface area contributed by atoms with Crippen LogP contribution in [-0.2, 0) is 4.74 Å². The number of morpholine rings is 1. The lowest BCUT2D eigenvalue weighted by Crippen LogP contribution is -2.46. The molecular formula is C17H23N3O2. The van der Waals surface area contributed by atoms with Gasteiger partial charge in [-0.05, 0) is 44.5 Å². The van der Waals surface area contributed by atoms with Gasteiger partial charge in [-0.1, -0.05) is 0 Å². The summed E-state index contributed by atoms with van der Waals surface area (Å²) in [5, 5.41) is 11.7. The molecule has 1 saturated heterocycles. The number of carbonyl (C=O) groups excluding carboxylic acids is 1. The lowest BCUT2D eigenvalue weighted by Gasteiger charge is -2.35. The Kier molecular flexibility index (Phi) is 5.93. The van der Waals surface area contributed by atoms with E-state index in [1.54, 1.807) is 24.3 Å². The number of hydrogen-bond donors (Lipinski definition) is 1. The van der Waals surface area contributed by atoms with Gasteiger partial charge >= 0.3 is 0 Å². The van der Waals surface area contributed by atoms with Crippen molar-refractivity contribution in [2.24, 2.45) is 0 Å². The lowest BCUT2D eigenvalue weighted by molar-refractivity contribution is -0.0679. The van der Waals surface area contributed by atoms with Crippen LogP contribution >= 0.6 is 0 Å². The van der Waals surface area contributed by atoms with Crippen LogP contribution in [0, 0.1) is 11.3 Å². The van der Waals surface area contributed by atoms with Crippen LogP contribution in [0.25, 0.3) is 0 Å². The third-order valence-electron chi connectivity index (χ3n) is 3.71. The van der Waals surface area contributed by atoms with Crippen molar-refractivity contribution in [1.29, 1.82) is 5.26 Å². The van der Waals surface area contributed by atoms with Crippen molar-refractivity contribution in [2.45, 2.75) is 32.5 Å². The molecule has 2 atom stereocenters. The van der Waals surface area contributed by atoms with Crippen LogP contribution < -0.4 is 5.32 Å². The smallest absolute Gasteiger partial charge is 0.251 e. The third kappa shape index (κ3) is 4.83. The molecule has 0 bridgehead atoms. The van der Waals surface area contributed by atoms with Gasteiger partial charge in [0.25, 0.3) is 5.91 Å². The van der Waals surface area contributed by atoms with E-state index in [1.165, 1.54) is 0 Å². The highest BCUT2D eigenvalue weighted by Gasteiger charge is 2.21. The first-order valence-electron chi connectivity index (χ1n) is 7.74. The van der Waals surface area contributed by atoms with Crippen molar-refractivity contribution >= 4 is 5.91 Å². The van der Waals surface area contributed by atoms with Gasteiger partial charge in [-0.2, -0.15) is 5.26 Å². The van der Waals surface area contributed by atoms with Gasteiger partial charge < -0.3 is 10.1 Å². The zero-order valence-electron chi connectivity index (χ0n) is 13.2. The SMILES string of the molecule is C[C@@H]1CN(CCCNC(=O)c2ccc(C#N)cc2)C[C@H](C)O1. The van der Waals surface area contributed by atoms with E-state index in [0.717, 1.165) is 26.1 Å². The van der Waals surface area contributed by atoms with Gasteiger partial charge in [0, 0.05) is 31.7 Å². The fourth-order valence-electron chi connectivity index (χ4n) is 2.77. The van der Waals surface area contributed by atoms with Crippen LogP contribution in [0.3, 0.4) is 0 Å². The summed E-state index contributed by atoms with van der Waals surface area (Å²) in [4.78, 5) is 14.4. The lowest BCUT2D eigenvalue weighted by atomic mass is 10.1. The van der Waals surface area contributed by atoms with Crippen LogP contribution in [-0.4, -0.2) is 49.2 Å². The van der Waals surface area contributed by atoms with Crippen molar-refractivity contribution in [1.82, 2.24) is 10.2 Å². The molecule has 2 rings (SSSR count). The number of rotatable bonds is 5. The molecule has 1 heterocycles. The second kappa shape index (κ2) is 7.92. The second-order valence-corrected chi connectivity index (χ2v) is 5.82. The number of carbonyl (C=O) groups is 1. The van der Waals surface area contributed by atoms with Gasteiger partial charge in [0.15, 0.2) is 0 Å². The average molecular weight is 301 g/mol. The molecule has 0 aromatic heterocycles. The van der Waals surface area contributed by atoms with E-state index < -0.39 is 0 Å². The number of nitrogens with zero attached hydrogens (tertiary/aromatic N) is 2. The van der Waals surface area contributed by atoms with E-state index in [9.17, 15) is 4.79 Å². The molecule has 22 heavy (non-hydrogen) atoms. The minimum absolute atomic E-state index is 0.0896. The van der Waals surface area contributed by atoms with Gasteiger partial charge in [0.05, 0.1) is 23.8 Å². The standard InChI is InChI=1S/C17H23N3O2/c1-13-11-20(12-14(2)22-13)9-3-8-19-17(21)16-6-4-15(10-18)5-7-16/h4-7,13-14H,3,8-9,11-12H2,1-2H3,(H,19,21)/t13-,14+. The number of hydrogen-bond acceptors (Lipinski definition) is 4. The Morgan fingerprint density at radius 1 is 1.32 bits per heavy atom. The Bertz CT molecular complexity index is 526. The van der Waals surface area contributed by atoms with Gasteiger partial charge in [-0.3, -0.25) is 9.69 Å². The van der Waals surface area contributed by atoms with Gasteiger partial charge in [0.2, 0.25) is 0 Å². The molecule has 1 amide bonds. The average Bonchev–Trinajstić information content (AvgIpc) is 2.50. The minimum atomic E-state index is -0.0896. The highest BCUT2D eigenvalue weighted by atomic mass is 16.5. The summed E-state index contributed by atoms with van der Waals surface area (Å²) in [6.07, 6.45) is 1.47. The predicted octanol–water partition coefficient (Wildman–Crippen LogP) is 1.79. The molecule has 5 nitrogen and oxygen atoms in total. The van der Waals surface area contributed by atoms with Crippen molar-refractivity contribution in [3.8, 4) is 6.07 Å². The Labute approximate surface area is 131 Å². The topological polar surface area (TPSA) is 65.4 Å². The zero-order valence-corrected chi connectivity index (χ0v) is 13.2. The number of amides is 1. The molecule has 1 aromatic rings. The van der Waals surface area contributed by atoms with E-state index in [1.807, 2.05) is 6.07 Å². The Balaban J connectivity index is 1.69. The molecule has 0 unspecified atom stereocenters. The maximum Gasteiger partial charge on any atom is 0.251 e. The number of benzene rings is 1. The Hall–Kier alpha value is -1.90. The highest BCUT2D eigenvalue weighted by Crippen LogP contribution is 2.10. The summed E-state index contributed by atoms with van der Waals surface area (Å²) >= 11 is 0. The first-order valence-corrected chi connectivity index (χ1v) is 7.74. The molecule has 0 saturated carbocycles. The van der Waals surface area contributed by atoms with Crippen molar-refractivity contribution in [3.05, 3.63) is 35.4 Å². The summed E-state index contributed by atoms with van der Waals surface area (Å²) in [6.45, 7) is 7.71. The molecule has 0 aliphatic carbocycles. The van der Waals surface area contributed by atoms with Crippen LogP contribution in [0.1, 0.15) is 36.2 Å². The molecule has 1 aliphatic rings. The van der Waals surface area contributed by atoms with E-state index in [0.29, 0.717) is 17.7 Å². The van der Waals surface area contributed by atoms with Gasteiger partial charge in [-0.15, -0.1) is 0 Å². The molecule has 0 radical (unpaired) electrons. The van der Waals surface area contributed by atoms with Crippen LogP contribution in [0.5, 0.6) is 0 Å². The van der Waals surface area contributed by atoms with Crippen molar-refractivity contribution in [3.63, 3.8) is 0 Å². The van der Waals surface area contributed by atoms with Crippen molar-refractivity contribution < 1.29 is 9.53 Å². The first kappa shape index (κ1) is 16.5. The maximum atomic E-state index is 12.0. The second-order valence-electron chi connectivity index (χ2n) is 5.82. The van der Waals surface area contributed by atoms with Crippen LogP contribution in [0.15, 0.2) is 24.3 Å². The molecule has 5 heteroatoms. The molecule has 0 spiro atoms. The largest absolute Gasteiger partial charge is 0.373 e. The van der Waals surface area contributed by atoms with Crippen molar-refractivity contribution in [2.75, 3.05) is 26.2 Å². The van der Waals surface area contributed by atoms with Gasteiger partial charge in [0.1, 0.15) is 0 Å². The Morgan fingerprint density at radius 3 is 2.55 bits per heavy atom. The quantitative estimate of drug-likeness (QED) is 0.842. The first-order chi connectivity index (χ1) is 10.6. The molecule has 1 N–H and O–H groups in total. The van der Waals surface area contributed by atoms with E-state index >= 15 is 0 Å². The van der Waals surface area contributed by atoms with Crippen LogP contribution in [0.4, 0.5) is 0 Å². The van der Waals surface area contributed by atoms with E-state index in [4.69, 9.17) is 10.00 Å². The molecule has 1 aromatic carbocycles.